The van der Waals surface area contributed by atoms with E-state index in [1.165, 1.54) is 22.4 Å². The van der Waals surface area contributed by atoms with E-state index in [2.05, 4.69) is 77.9 Å². The van der Waals surface area contributed by atoms with E-state index in [0.29, 0.717) is 6.04 Å². The van der Waals surface area contributed by atoms with Crippen LogP contribution in [-0.4, -0.2) is 10.9 Å². The van der Waals surface area contributed by atoms with Gasteiger partial charge in [-0.2, -0.15) is 0 Å². The lowest BCUT2D eigenvalue weighted by molar-refractivity contribution is 0.461. The molecule has 1 atom stereocenters. The van der Waals surface area contributed by atoms with E-state index in [0.717, 1.165) is 0 Å². The third-order valence-corrected chi connectivity index (χ3v) is 3.70. The number of hydrogen-bond donors (Lipinski definition) is 0. The van der Waals surface area contributed by atoms with Crippen LogP contribution in [0.5, 0.6) is 0 Å². The van der Waals surface area contributed by atoms with Gasteiger partial charge in [-0.3, -0.25) is 0 Å². The number of hydrogen-bond acceptors (Lipinski definition) is 1. The fraction of sp³-hybridized carbons (Fsp3) is 0.0588. The van der Waals surface area contributed by atoms with Crippen molar-refractivity contribution in [3.8, 4) is 0 Å². The highest BCUT2D eigenvalue weighted by Gasteiger charge is 2.27. The minimum absolute atomic E-state index is 0.334. The summed E-state index contributed by atoms with van der Waals surface area (Å²) in [6.45, 7) is 0. The van der Waals surface area contributed by atoms with Crippen LogP contribution in [0.4, 0.5) is 0 Å². The van der Waals surface area contributed by atoms with E-state index in [-0.39, 0.29) is 0 Å². The molecule has 1 heteroatoms. The third kappa shape index (κ3) is 1.28. The van der Waals surface area contributed by atoms with Crippen molar-refractivity contribution in [3.05, 3.63) is 83.7 Å². The first-order valence-corrected chi connectivity index (χ1v) is 6.26. The summed E-state index contributed by atoms with van der Waals surface area (Å²) in [7, 11) is 0. The molecule has 0 N–H and O–H groups in total. The van der Waals surface area contributed by atoms with Crippen molar-refractivity contribution < 1.29 is 0 Å². The summed E-state index contributed by atoms with van der Waals surface area (Å²) in [6.07, 6.45) is 17.4. The van der Waals surface area contributed by atoms with Crippen LogP contribution in [0, 0.1) is 0 Å². The standard InChI is InChI=1S/C17H13N/c1-2-7-15-13(5-1)8-11-17-16(15)10-9-14-6-3-4-12-18(14)17/h1-12,17H. The second-order valence-electron chi connectivity index (χ2n) is 4.71. The lowest BCUT2D eigenvalue weighted by Crippen LogP contribution is -2.33. The fourth-order valence-corrected chi connectivity index (χ4v) is 2.83. The maximum Gasteiger partial charge on any atom is 0.0779 e. The Bertz CT molecular complexity index is 656. The molecule has 86 valence electrons. The van der Waals surface area contributed by atoms with Gasteiger partial charge in [0.05, 0.1) is 6.04 Å². The van der Waals surface area contributed by atoms with Gasteiger partial charge in [-0.05, 0) is 34.9 Å². The van der Waals surface area contributed by atoms with Gasteiger partial charge in [-0.1, -0.05) is 48.6 Å². The topological polar surface area (TPSA) is 3.24 Å². The highest BCUT2D eigenvalue weighted by atomic mass is 15.2. The largest absolute Gasteiger partial charge is 0.337 e. The quantitative estimate of drug-likeness (QED) is 0.657. The third-order valence-electron chi connectivity index (χ3n) is 3.70. The molecule has 0 saturated heterocycles. The molecule has 0 aromatic heterocycles. The molecule has 1 unspecified atom stereocenters. The molecule has 0 radical (unpaired) electrons. The first-order chi connectivity index (χ1) is 8.93. The lowest BCUT2D eigenvalue weighted by atomic mass is 9.85. The van der Waals surface area contributed by atoms with Crippen molar-refractivity contribution in [2.24, 2.45) is 0 Å². The van der Waals surface area contributed by atoms with Crippen LogP contribution in [0.3, 0.4) is 0 Å². The van der Waals surface area contributed by atoms with Crippen LogP contribution in [0.2, 0.25) is 0 Å². The van der Waals surface area contributed by atoms with Crippen molar-refractivity contribution in [3.63, 3.8) is 0 Å². The molecule has 1 nitrogen and oxygen atoms in total. The zero-order valence-corrected chi connectivity index (χ0v) is 9.95. The molecule has 0 bridgehead atoms. The van der Waals surface area contributed by atoms with Crippen LogP contribution in [0.1, 0.15) is 11.1 Å². The number of nitrogens with zero attached hydrogens (tertiary/aromatic N) is 1. The van der Waals surface area contributed by atoms with E-state index in [9.17, 15) is 0 Å². The SMILES string of the molecule is C1=CC2=CC=C3c4ccccc4C=CC3N2C=C1. The second-order valence-corrected chi connectivity index (χ2v) is 4.71. The summed E-state index contributed by atoms with van der Waals surface area (Å²) in [4.78, 5) is 2.32. The Kier molecular flexibility index (Phi) is 1.95. The lowest BCUT2D eigenvalue weighted by Gasteiger charge is -2.37. The van der Waals surface area contributed by atoms with Crippen LogP contribution in [0.15, 0.2) is 72.6 Å². The molecule has 4 rings (SSSR count). The predicted octanol–water partition coefficient (Wildman–Crippen LogP) is 3.75. The zero-order chi connectivity index (χ0) is 11.9. The van der Waals surface area contributed by atoms with Crippen LogP contribution in [0.25, 0.3) is 11.6 Å². The molecule has 0 saturated carbocycles. The normalized spacial score (nSPS) is 22.9. The van der Waals surface area contributed by atoms with Crippen LogP contribution in [-0.2, 0) is 0 Å². The number of rotatable bonds is 0. The second kappa shape index (κ2) is 3.61. The van der Waals surface area contributed by atoms with Crippen molar-refractivity contribution in [2.45, 2.75) is 6.04 Å². The number of allylic oxidation sites excluding steroid dienone is 5. The maximum absolute atomic E-state index is 2.32. The Hall–Kier alpha value is -2.28. The summed E-state index contributed by atoms with van der Waals surface area (Å²) < 4.78 is 0. The molecule has 18 heavy (non-hydrogen) atoms. The van der Waals surface area contributed by atoms with E-state index in [1.54, 1.807) is 0 Å². The average molecular weight is 231 g/mol. The molecule has 0 spiro atoms. The van der Waals surface area contributed by atoms with Gasteiger partial charge in [0.15, 0.2) is 0 Å². The molecular formula is C17H13N. The van der Waals surface area contributed by atoms with Crippen molar-refractivity contribution >= 4 is 11.6 Å². The Morgan fingerprint density at radius 1 is 0.944 bits per heavy atom. The number of fused-ring (bicyclic) bond motifs is 5. The molecule has 0 amide bonds. The Labute approximate surface area is 107 Å². The first-order valence-electron chi connectivity index (χ1n) is 6.26. The van der Waals surface area contributed by atoms with Crippen LogP contribution >= 0.6 is 0 Å². The molecule has 2 heterocycles. The fourth-order valence-electron chi connectivity index (χ4n) is 2.83. The molecule has 1 aromatic rings. The monoisotopic (exact) mass is 231 g/mol. The van der Waals surface area contributed by atoms with Crippen molar-refractivity contribution in [2.75, 3.05) is 0 Å². The van der Waals surface area contributed by atoms with Gasteiger partial charge in [-0.15, -0.1) is 0 Å². The van der Waals surface area contributed by atoms with Gasteiger partial charge in [0.25, 0.3) is 0 Å². The van der Waals surface area contributed by atoms with Crippen molar-refractivity contribution in [1.82, 2.24) is 4.90 Å². The molecule has 3 aliphatic rings. The summed E-state index contributed by atoms with van der Waals surface area (Å²) in [5.74, 6) is 0. The maximum atomic E-state index is 2.32. The Morgan fingerprint density at radius 3 is 2.89 bits per heavy atom. The highest BCUT2D eigenvalue weighted by molar-refractivity contribution is 5.85. The molecule has 2 aliphatic heterocycles. The summed E-state index contributed by atoms with van der Waals surface area (Å²) in [6, 6.07) is 8.92. The van der Waals surface area contributed by atoms with E-state index >= 15 is 0 Å². The van der Waals surface area contributed by atoms with Gasteiger partial charge in [-0.25, -0.2) is 0 Å². The zero-order valence-electron chi connectivity index (χ0n) is 9.95. The Morgan fingerprint density at radius 2 is 1.89 bits per heavy atom. The van der Waals surface area contributed by atoms with Gasteiger partial charge in [0, 0.05) is 11.9 Å². The van der Waals surface area contributed by atoms with Gasteiger partial charge < -0.3 is 4.90 Å². The average Bonchev–Trinajstić information content (AvgIpc) is 2.46. The molecule has 0 fully saturated rings. The van der Waals surface area contributed by atoms with E-state index < -0.39 is 0 Å². The Balaban J connectivity index is 1.91. The van der Waals surface area contributed by atoms with Gasteiger partial charge in [0.2, 0.25) is 0 Å². The summed E-state index contributed by atoms with van der Waals surface area (Å²) in [5.41, 5.74) is 5.31. The predicted molar refractivity (Wildman–Crippen MR) is 75.4 cm³/mol. The minimum Gasteiger partial charge on any atom is -0.337 e. The van der Waals surface area contributed by atoms with Crippen LogP contribution < -0.4 is 0 Å². The van der Waals surface area contributed by atoms with Gasteiger partial charge in [0.1, 0.15) is 0 Å². The highest BCUT2D eigenvalue weighted by Crippen LogP contribution is 2.37. The first kappa shape index (κ1) is 9.72. The molecule has 1 aromatic carbocycles. The molecule has 1 aliphatic carbocycles. The van der Waals surface area contributed by atoms with Gasteiger partial charge >= 0.3 is 0 Å². The van der Waals surface area contributed by atoms with E-state index in [4.69, 9.17) is 0 Å². The number of benzene rings is 1. The summed E-state index contributed by atoms with van der Waals surface area (Å²) in [5, 5.41) is 0. The summed E-state index contributed by atoms with van der Waals surface area (Å²) >= 11 is 0. The smallest absolute Gasteiger partial charge is 0.0779 e. The van der Waals surface area contributed by atoms with E-state index in [1.807, 2.05) is 0 Å². The minimum atomic E-state index is 0.334. The molecular weight excluding hydrogens is 218 g/mol. The van der Waals surface area contributed by atoms with Crippen molar-refractivity contribution in [1.29, 1.82) is 0 Å².